The number of phenols is 2. The van der Waals surface area contributed by atoms with Gasteiger partial charge >= 0.3 is 11.9 Å². The lowest BCUT2D eigenvalue weighted by molar-refractivity contribution is -0.121. The normalized spacial score (nSPS) is 10.9. The maximum Gasteiger partial charge on any atom is 0.341 e. The molecule has 0 aromatic heterocycles. The molecule has 2 aromatic carbocycles. The molecule has 31 heavy (non-hydrogen) atoms. The van der Waals surface area contributed by atoms with Crippen LogP contribution in [0.3, 0.4) is 0 Å². The highest BCUT2D eigenvalue weighted by Gasteiger charge is 2.13. The Balaban J connectivity index is 2.03. The maximum absolute atomic E-state index is 12.0. The van der Waals surface area contributed by atoms with Crippen molar-refractivity contribution in [1.29, 1.82) is 0 Å². The molecule has 0 fully saturated rings. The number of aromatic hydroxyl groups is 2. The van der Waals surface area contributed by atoms with E-state index >= 15 is 0 Å². The largest absolute Gasteiger partial charge is 0.507 e. The van der Waals surface area contributed by atoms with Gasteiger partial charge in [0.25, 0.3) is 0 Å². The highest BCUT2D eigenvalue weighted by atomic mass is 16.5. The van der Waals surface area contributed by atoms with Gasteiger partial charge in [0.15, 0.2) is 11.6 Å². The van der Waals surface area contributed by atoms with E-state index in [0.29, 0.717) is 11.1 Å². The molecule has 0 aliphatic heterocycles. The van der Waals surface area contributed by atoms with Crippen LogP contribution in [0.5, 0.6) is 11.5 Å². The molecule has 160 valence electrons. The van der Waals surface area contributed by atoms with Crippen molar-refractivity contribution in [2.45, 2.75) is 6.42 Å². The molecule has 0 radical (unpaired) electrons. The van der Waals surface area contributed by atoms with Gasteiger partial charge in [0, 0.05) is 0 Å². The average Bonchev–Trinajstić information content (AvgIpc) is 2.76. The van der Waals surface area contributed by atoms with Crippen molar-refractivity contribution < 1.29 is 38.9 Å². The van der Waals surface area contributed by atoms with Crippen molar-refractivity contribution in [3.8, 4) is 11.5 Å². The van der Waals surface area contributed by atoms with Gasteiger partial charge in [0.1, 0.15) is 22.6 Å². The minimum atomic E-state index is -0.719. The van der Waals surface area contributed by atoms with E-state index in [-0.39, 0.29) is 22.6 Å². The summed E-state index contributed by atoms with van der Waals surface area (Å²) in [5, 5.41) is 19.4. The zero-order valence-corrected chi connectivity index (χ0v) is 16.8. The van der Waals surface area contributed by atoms with Crippen LogP contribution in [-0.4, -0.2) is 47.9 Å². The van der Waals surface area contributed by atoms with E-state index in [1.54, 1.807) is 0 Å². The van der Waals surface area contributed by atoms with Crippen LogP contribution in [0.4, 0.5) is 0 Å². The van der Waals surface area contributed by atoms with Crippen LogP contribution in [0.25, 0.3) is 12.2 Å². The molecule has 2 aromatic rings. The first-order valence-electron chi connectivity index (χ1n) is 8.99. The van der Waals surface area contributed by atoms with E-state index in [0.717, 1.165) is 0 Å². The summed E-state index contributed by atoms with van der Waals surface area (Å²) in [5.41, 5.74) is 0.843. The Morgan fingerprint density at radius 1 is 0.742 bits per heavy atom. The average molecular weight is 424 g/mol. The number of benzene rings is 2. The van der Waals surface area contributed by atoms with E-state index in [1.165, 1.54) is 74.9 Å². The van der Waals surface area contributed by atoms with Gasteiger partial charge in [-0.05, 0) is 47.5 Å². The zero-order chi connectivity index (χ0) is 23.0. The van der Waals surface area contributed by atoms with Crippen molar-refractivity contribution in [2.24, 2.45) is 0 Å². The Morgan fingerprint density at radius 2 is 1.13 bits per heavy atom. The van der Waals surface area contributed by atoms with Crippen molar-refractivity contribution in [1.82, 2.24) is 0 Å². The zero-order valence-electron chi connectivity index (χ0n) is 16.8. The van der Waals surface area contributed by atoms with Gasteiger partial charge in [-0.3, -0.25) is 9.59 Å². The quantitative estimate of drug-likeness (QED) is 0.376. The lowest BCUT2D eigenvalue weighted by Crippen LogP contribution is -2.03. The molecule has 0 aliphatic carbocycles. The fourth-order valence-corrected chi connectivity index (χ4v) is 2.53. The van der Waals surface area contributed by atoms with Gasteiger partial charge in [0.05, 0.1) is 20.6 Å². The summed E-state index contributed by atoms with van der Waals surface area (Å²) in [7, 11) is 2.36. The third-order valence-corrected chi connectivity index (χ3v) is 4.12. The maximum atomic E-state index is 12.0. The molecule has 0 saturated heterocycles. The Hall–Kier alpha value is -4.20. The molecule has 0 unspecified atom stereocenters. The van der Waals surface area contributed by atoms with E-state index in [2.05, 4.69) is 9.47 Å². The van der Waals surface area contributed by atoms with Crippen molar-refractivity contribution >= 4 is 35.7 Å². The van der Waals surface area contributed by atoms with Crippen LogP contribution >= 0.6 is 0 Å². The number of allylic oxidation sites excluding steroid dienone is 2. The third-order valence-electron chi connectivity index (χ3n) is 4.12. The van der Waals surface area contributed by atoms with Crippen LogP contribution in [0.15, 0.2) is 48.6 Å². The van der Waals surface area contributed by atoms with E-state index in [1.807, 2.05) is 0 Å². The number of hydrogen-bond acceptors (Lipinski definition) is 8. The van der Waals surface area contributed by atoms with Gasteiger partial charge in [-0.1, -0.05) is 24.3 Å². The van der Waals surface area contributed by atoms with Gasteiger partial charge in [0.2, 0.25) is 0 Å². The molecule has 8 nitrogen and oxygen atoms in total. The first kappa shape index (κ1) is 23.1. The Bertz CT molecular complexity index is 993. The van der Waals surface area contributed by atoms with Crippen LogP contribution in [0, 0.1) is 0 Å². The number of hydrogen-bond donors (Lipinski definition) is 2. The molecule has 0 atom stereocenters. The van der Waals surface area contributed by atoms with E-state index in [4.69, 9.17) is 0 Å². The molecule has 0 heterocycles. The molecule has 2 rings (SSSR count). The van der Waals surface area contributed by atoms with Crippen LogP contribution in [-0.2, 0) is 19.1 Å². The van der Waals surface area contributed by atoms with Gasteiger partial charge < -0.3 is 19.7 Å². The first-order valence-corrected chi connectivity index (χ1v) is 8.99. The van der Waals surface area contributed by atoms with Gasteiger partial charge in [-0.2, -0.15) is 0 Å². The number of carbonyl (C=O) groups excluding carboxylic acids is 4. The Labute approximate surface area is 178 Å². The summed E-state index contributed by atoms with van der Waals surface area (Å²) in [6.45, 7) is 0. The summed E-state index contributed by atoms with van der Waals surface area (Å²) in [6.07, 6.45) is 4.81. The standard InChI is InChI=1S/C23H20O8/c1-30-22(28)18-11-14(5-9-20(18)26)3-7-16(24)13-17(25)8-4-15-6-10-21(27)19(12-15)23(29)31-2/h3-12,26-27H,13H2,1-2H3. The third kappa shape index (κ3) is 6.40. The number of ketones is 2. The minimum absolute atomic E-state index is 0.0451. The Morgan fingerprint density at radius 3 is 1.48 bits per heavy atom. The second-order valence-electron chi connectivity index (χ2n) is 6.31. The predicted molar refractivity (Wildman–Crippen MR) is 112 cm³/mol. The van der Waals surface area contributed by atoms with Gasteiger partial charge in [-0.25, -0.2) is 9.59 Å². The fraction of sp³-hybridized carbons (Fsp3) is 0.130. The molecular weight excluding hydrogens is 404 g/mol. The number of esters is 2. The number of ether oxygens (including phenoxy) is 2. The molecule has 0 spiro atoms. The monoisotopic (exact) mass is 424 g/mol. The number of methoxy groups -OCH3 is 2. The summed E-state index contributed by atoms with van der Waals surface area (Å²) in [6, 6.07) is 8.30. The highest BCUT2D eigenvalue weighted by molar-refractivity contribution is 6.11. The molecule has 2 N–H and O–H groups in total. The van der Waals surface area contributed by atoms with Crippen molar-refractivity contribution in [3.05, 3.63) is 70.8 Å². The molecule has 8 heteroatoms. The molecule has 0 amide bonds. The van der Waals surface area contributed by atoms with Crippen LogP contribution in [0.1, 0.15) is 38.3 Å². The van der Waals surface area contributed by atoms with Crippen LogP contribution < -0.4 is 0 Å². The first-order chi connectivity index (χ1) is 14.7. The molecule has 0 saturated carbocycles. The minimum Gasteiger partial charge on any atom is -0.507 e. The van der Waals surface area contributed by atoms with E-state index in [9.17, 15) is 29.4 Å². The summed E-state index contributed by atoms with van der Waals surface area (Å²) in [5.74, 6) is -2.87. The SMILES string of the molecule is COC(=O)c1cc(C=CC(=O)CC(=O)C=Cc2ccc(O)c(C(=O)OC)c2)ccc1O. The number of rotatable bonds is 8. The molecule has 0 aliphatic rings. The number of phenolic OH excluding ortho intramolecular Hbond substituents is 2. The van der Waals surface area contributed by atoms with E-state index < -0.39 is 29.9 Å². The summed E-state index contributed by atoms with van der Waals surface area (Å²) in [4.78, 5) is 47.2. The summed E-state index contributed by atoms with van der Waals surface area (Å²) >= 11 is 0. The lowest BCUT2D eigenvalue weighted by Gasteiger charge is -2.03. The Kier molecular flexibility index (Phi) is 7.85. The van der Waals surface area contributed by atoms with Gasteiger partial charge in [-0.15, -0.1) is 0 Å². The fourth-order valence-electron chi connectivity index (χ4n) is 2.53. The van der Waals surface area contributed by atoms with Crippen LogP contribution in [0.2, 0.25) is 0 Å². The summed E-state index contributed by atoms with van der Waals surface area (Å²) < 4.78 is 9.13. The topological polar surface area (TPSA) is 127 Å². The van der Waals surface area contributed by atoms with Crippen molar-refractivity contribution in [3.63, 3.8) is 0 Å². The highest BCUT2D eigenvalue weighted by Crippen LogP contribution is 2.21. The lowest BCUT2D eigenvalue weighted by atomic mass is 10.1. The molecular formula is C23H20O8. The predicted octanol–water partition coefficient (Wildman–Crippen LogP) is 2.93. The second kappa shape index (κ2) is 10.5. The molecule has 0 bridgehead atoms. The number of carbonyl (C=O) groups is 4. The smallest absolute Gasteiger partial charge is 0.341 e. The van der Waals surface area contributed by atoms with Crippen molar-refractivity contribution in [2.75, 3.05) is 14.2 Å². The second-order valence-corrected chi connectivity index (χ2v) is 6.31.